The largest absolute Gasteiger partial charge is 0.497 e. The van der Waals surface area contributed by atoms with E-state index >= 15 is 0 Å². The molecule has 0 unspecified atom stereocenters. The average Bonchev–Trinajstić information content (AvgIpc) is 3.50. The number of benzene rings is 1. The van der Waals surface area contributed by atoms with Gasteiger partial charge < -0.3 is 19.5 Å². The monoisotopic (exact) mass is 358 g/mol. The first-order valence-electron chi connectivity index (χ1n) is 8.21. The highest BCUT2D eigenvalue weighted by atomic mass is 16.5. The number of nitrogens with one attached hydrogen (secondary N) is 1. The Morgan fingerprint density at radius 2 is 2.08 bits per heavy atom. The van der Waals surface area contributed by atoms with Crippen LogP contribution in [0.25, 0.3) is 6.08 Å². The Bertz CT molecular complexity index is 749. The predicted molar refractivity (Wildman–Crippen MR) is 94.4 cm³/mol. The molecule has 1 amide bonds. The molecule has 1 aliphatic carbocycles. The van der Waals surface area contributed by atoms with Crippen molar-refractivity contribution in [1.29, 1.82) is 5.26 Å². The van der Waals surface area contributed by atoms with Gasteiger partial charge in [-0.2, -0.15) is 5.26 Å². The van der Waals surface area contributed by atoms with Gasteiger partial charge in [0.05, 0.1) is 20.3 Å². The van der Waals surface area contributed by atoms with Gasteiger partial charge in [-0.25, -0.2) is 4.79 Å². The fourth-order valence-corrected chi connectivity index (χ4v) is 2.51. The van der Waals surface area contributed by atoms with Gasteiger partial charge in [0.1, 0.15) is 17.0 Å². The number of esters is 1. The fourth-order valence-electron chi connectivity index (χ4n) is 2.51. The van der Waals surface area contributed by atoms with Gasteiger partial charge in [-0.15, -0.1) is 0 Å². The summed E-state index contributed by atoms with van der Waals surface area (Å²) in [5.41, 5.74) is -0.240. The van der Waals surface area contributed by atoms with Crippen molar-refractivity contribution in [2.24, 2.45) is 5.92 Å². The van der Waals surface area contributed by atoms with Gasteiger partial charge in [0, 0.05) is 17.7 Å². The van der Waals surface area contributed by atoms with E-state index in [1.54, 1.807) is 32.2 Å². The molecule has 1 aliphatic rings. The second-order valence-corrected chi connectivity index (χ2v) is 6.19. The second kappa shape index (κ2) is 8.39. The first-order chi connectivity index (χ1) is 12.4. The van der Waals surface area contributed by atoms with Crippen LogP contribution in [0.5, 0.6) is 11.5 Å². The predicted octanol–water partition coefficient (Wildman–Crippen LogP) is 2.07. The van der Waals surface area contributed by atoms with Crippen LogP contribution in [0.1, 0.15) is 25.3 Å². The molecule has 0 heterocycles. The molecule has 1 aromatic carbocycles. The molecule has 7 heteroatoms. The van der Waals surface area contributed by atoms with Crippen LogP contribution in [0.15, 0.2) is 24.3 Å². The minimum Gasteiger partial charge on any atom is -0.497 e. The maximum atomic E-state index is 11.9. The smallest absolute Gasteiger partial charge is 0.331 e. The SMILES string of the molecule is COc1ccc(/C=C/C(=O)OCC(=O)N[C@](C)(C#N)C2CC2)c(OC)c1. The molecular formula is C19H22N2O5. The van der Waals surface area contributed by atoms with Gasteiger partial charge in [-0.1, -0.05) is 0 Å². The summed E-state index contributed by atoms with van der Waals surface area (Å²) in [4.78, 5) is 23.7. The Labute approximate surface area is 152 Å². The molecular weight excluding hydrogens is 336 g/mol. The quantitative estimate of drug-likeness (QED) is 0.564. The standard InChI is InChI=1S/C19H22N2O5/c1-19(12-20,14-6-7-14)21-17(22)11-26-18(23)9-5-13-4-8-15(24-2)10-16(13)25-3/h4-5,8-10,14H,6-7,11H2,1-3H3,(H,21,22)/b9-5+/t19-/m1/s1. The van der Waals surface area contributed by atoms with Crippen molar-refractivity contribution in [3.05, 3.63) is 29.8 Å². The topological polar surface area (TPSA) is 97.6 Å². The Hall–Kier alpha value is -3.01. The molecule has 0 radical (unpaired) electrons. The molecule has 138 valence electrons. The number of carbonyl (C=O) groups is 2. The lowest BCUT2D eigenvalue weighted by atomic mass is 9.98. The highest BCUT2D eigenvalue weighted by Gasteiger charge is 2.43. The van der Waals surface area contributed by atoms with Crippen LogP contribution >= 0.6 is 0 Å². The summed E-state index contributed by atoms with van der Waals surface area (Å²) >= 11 is 0. The molecule has 1 atom stereocenters. The highest BCUT2D eigenvalue weighted by molar-refractivity contribution is 5.90. The van der Waals surface area contributed by atoms with Gasteiger partial charge in [-0.3, -0.25) is 4.79 Å². The first-order valence-corrected chi connectivity index (χ1v) is 8.21. The summed E-state index contributed by atoms with van der Waals surface area (Å²) in [7, 11) is 3.06. The van der Waals surface area contributed by atoms with Crippen LogP contribution < -0.4 is 14.8 Å². The molecule has 7 nitrogen and oxygen atoms in total. The van der Waals surface area contributed by atoms with E-state index in [2.05, 4.69) is 11.4 Å². The lowest BCUT2D eigenvalue weighted by Gasteiger charge is -2.22. The molecule has 1 aromatic rings. The van der Waals surface area contributed by atoms with Crippen LogP contribution in [0.4, 0.5) is 0 Å². The van der Waals surface area contributed by atoms with Crippen molar-refractivity contribution in [2.45, 2.75) is 25.3 Å². The number of nitriles is 1. The summed E-state index contributed by atoms with van der Waals surface area (Å²) in [5.74, 6) is 0.178. The Kier molecular flexibility index (Phi) is 6.23. The fraction of sp³-hybridized carbons (Fsp3) is 0.421. The lowest BCUT2D eigenvalue weighted by Crippen LogP contribution is -2.48. The lowest BCUT2D eigenvalue weighted by molar-refractivity contribution is -0.144. The molecule has 0 spiro atoms. The number of amides is 1. The second-order valence-electron chi connectivity index (χ2n) is 6.19. The van der Waals surface area contributed by atoms with Crippen LogP contribution in [0.3, 0.4) is 0 Å². The Balaban J connectivity index is 1.87. The zero-order valence-corrected chi connectivity index (χ0v) is 15.1. The summed E-state index contributed by atoms with van der Waals surface area (Å²) in [6.45, 7) is 1.24. The summed E-state index contributed by atoms with van der Waals surface area (Å²) in [6, 6.07) is 7.29. The van der Waals surface area contributed by atoms with Crippen molar-refractivity contribution in [3.63, 3.8) is 0 Å². The van der Waals surface area contributed by atoms with E-state index in [1.165, 1.54) is 19.3 Å². The molecule has 1 N–H and O–H groups in total. The van der Waals surface area contributed by atoms with E-state index in [4.69, 9.17) is 14.2 Å². The van der Waals surface area contributed by atoms with Crippen LogP contribution in [0, 0.1) is 17.2 Å². The summed E-state index contributed by atoms with van der Waals surface area (Å²) < 4.78 is 15.3. The van der Waals surface area contributed by atoms with Gasteiger partial charge in [0.2, 0.25) is 0 Å². The first kappa shape index (κ1) is 19.3. The van der Waals surface area contributed by atoms with E-state index in [9.17, 15) is 14.9 Å². The van der Waals surface area contributed by atoms with Gasteiger partial charge in [0.25, 0.3) is 5.91 Å². The molecule has 26 heavy (non-hydrogen) atoms. The Morgan fingerprint density at radius 1 is 1.35 bits per heavy atom. The van der Waals surface area contributed by atoms with E-state index < -0.39 is 24.0 Å². The third kappa shape index (κ3) is 4.99. The number of nitrogens with zero attached hydrogens (tertiary/aromatic N) is 1. The van der Waals surface area contributed by atoms with Gasteiger partial charge in [0.15, 0.2) is 6.61 Å². The number of hydrogen-bond donors (Lipinski definition) is 1. The minimum absolute atomic E-state index is 0.162. The van der Waals surface area contributed by atoms with Crippen molar-refractivity contribution in [1.82, 2.24) is 5.32 Å². The number of hydrogen-bond acceptors (Lipinski definition) is 6. The summed E-state index contributed by atoms with van der Waals surface area (Å²) in [5, 5.41) is 11.8. The van der Waals surface area contributed by atoms with E-state index in [1.807, 2.05) is 0 Å². The Morgan fingerprint density at radius 3 is 2.65 bits per heavy atom. The van der Waals surface area contributed by atoms with Gasteiger partial charge >= 0.3 is 5.97 Å². The number of ether oxygens (including phenoxy) is 3. The number of rotatable bonds is 8. The van der Waals surface area contributed by atoms with Crippen molar-refractivity contribution in [2.75, 3.05) is 20.8 Å². The molecule has 0 aliphatic heterocycles. The normalized spacial score (nSPS) is 15.6. The molecule has 0 saturated heterocycles. The van der Waals surface area contributed by atoms with Crippen LogP contribution in [0.2, 0.25) is 0 Å². The maximum Gasteiger partial charge on any atom is 0.331 e. The minimum atomic E-state index is -0.907. The van der Waals surface area contributed by atoms with Crippen molar-refractivity contribution in [3.8, 4) is 17.6 Å². The van der Waals surface area contributed by atoms with Crippen molar-refractivity contribution < 1.29 is 23.8 Å². The third-order valence-electron chi connectivity index (χ3n) is 4.21. The van der Waals surface area contributed by atoms with Crippen LogP contribution in [-0.4, -0.2) is 38.2 Å². The maximum absolute atomic E-state index is 11.9. The van der Waals surface area contributed by atoms with Gasteiger partial charge in [-0.05, 0) is 43.9 Å². The number of carbonyl (C=O) groups excluding carboxylic acids is 2. The molecule has 2 rings (SSSR count). The third-order valence-corrected chi connectivity index (χ3v) is 4.21. The van der Waals surface area contributed by atoms with Crippen molar-refractivity contribution >= 4 is 18.0 Å². The zero-order chi connectivity index (χ0) is 19.2. The summed E-state index contributed by atoms with van der Waals surface area (Å²) in [6.07, 6.45) is 4.57. The highest BCUT2D eigenvalue weighted by Crippen LogP contribution is 2.39. The average molecular weight is 358 g/mol. The molecule has 1 saturated carbocycles. The number of methoxy groups -OCH3 is 2. The molecule has 1 fully saturated rings. The molecule has 0 bridgehead atoms. The van der Waals surface area contributed by atoms with E-state index in [0.717, 1.165) is 12.8 Å². The van der Waals surface area contributed by atoms with E-state index in [0.29, 0.717) is 17.1 Å². The van der Waals surface area contributed by atoms with E-state index in [-0.39, 0.29) is 5.92 Å². The van der Waals surface area contributed by atoms with Crippen LogP contribution in [-0.2, 0) is 14.3 Å². The zero-order valence-electron chi connectivity index (χ0n) is 15.1. The molecule has 0 aromatic heterocycles.